The Labute approximate surface area is 182 Å². The lowest BCUT2D eigenvalue weighted by Gasteiger charge is -2.10. The summed E-state index contributed by atoms with van der Waals surface area (Å²) in [4.78, 5) is 12.0. The quantitative estimate of drug-likeness (QED) is 0.351. The number of hydrogen-bond acceptors (Lipinski definition) is 5. The highest BCUT2D eigenvalue weighted by Gasteiger charge is 2.15. The van der Waals surface area contributed by atoms with Gasteiger partial charge in [-0.15, -0.1) is 10.2 Å². The minimum atomic E-state index is -0.104. The predicted octanol–water partition coefficient (Wildman–Crippen LogP) is 5.08. The van der Waals surface area contributed by atoms with Gasteiger partial charge in [0.15, 0.2) is 11.0 Å². The van der Waals surface area contributed by atoms with Gasteiger partial charge in [-0.2, -0.15) is 5.26 Å². The molecule has 6 nitrogen and oxygen atoms in total. The van der Waals surface area contributed by atoms with Crippen molar-refractivity contribution in [1.29, 1.82) is 5.26 Å². The Morgan fingerprint density at radius 2 is 1.90 bits per heavy atom. The molecule has 0 radical (unpaired) electrons. The van der Waals surface area contributed by atoms with Crippen LogP contribution in [0.4, 0.5) is 0 Å². The molecule has 8 heteroatoms. The van der Waals surface area contributed by atoms with E-state index >= 15 is 0 Å². The van der Waals surface area contributed by atoms with E-state index in [4.69, 9.17) is 16.9 Å². The van der Waals surface area contributed by atoms with Crippen LogP contribution in [0.3, 0.4) is 0 Å². The van der Waals surface area contributed by atoms with Crippen LogP contribution in [-0.4, -0.2) is 33.0 Å². The molecule has 0 saturated heterocycles. The number of carbonyl (C=O) groups is 1. The zero-order valence-electron chi connectivity index (χ0n) is 16.9. The first-order chi connectivity index (χ1) is 14.2. The van der Waals surface area contributed by atoms with E-state index in [0.717, 1.165) is 35.9 Å². The van der Waals surface area contributed by atoms with Crippen molar-refractivity contribution in [2.24, 2.45) is 0 Å². The van der Waals surface area contributed by atoms with Crippen LogP contribution in [0.5, 0.6) is 0 Å². The summed E-state index contributed by atoms with van der Waals surface area (Å²) in [6.07, 6.45) is 7.55. The number of halogens is 1. The van der Waals surface area contributed by atoms with Gasteiger partial charge in [0.1, 0.15) is 0 Å². The summed E-state index contributed by atoms with van der Waals surface area (Å²) in [5.41, 5.74) is 0.957. The molecule has 0 spiro atoms. The molecule has 2 aromatic rings. The fraction of sp³-hybridized carbons (Fsp3) is 0.524. The smallest absolute Gasteiger partial charge is 0.230 e. The lowest BCUT2D eigenvalue weighted by atomic mass is 10.1. The van der Waals surface area contributed by atoms with Crippen LogP contribution in [-0.2, 0) is 11.3 Å². The molecule has 0 atom stereocenters. The highest BCUT2D eigenvalue weighted by Crippen LogP contribution is 2.26. The number of amides is 1. The highest BCUT2D eigenvalue weighted by molar-refractivity contribution is 7.99. The molecule has 1 heterocycles. The van der Waals surface area contributed by atoms with E-state index in [1.807, 2.05) is 30.3 Å². The second-order valence-corrected chi connectivity index (χ2v) is 8.16. The number of rotatable bonds is 13. The molecule has 0 aliphatic carbocycles. The van der Waals surface area contributed by atoms with Gasteiger partial charge < -0.3 is 9.88 Å². The van der Waals surface area contributed by atoms with Crippen molar-refractivity contribution < 1.29 is 4.79 Å². The number of hydrogen-bond donors (Lipinski definition) is 1. The third kappa shape index (κ3) is 8.08. The maximum Gasteiger partial charge on any atom is 0.230 e. The molecule has 0 bridgehead atoms. The van der Waals surface area contributed by atoms with E-state index in [1.54, 1.807) is 0 Å². The second-order valence-electron chi connectivity index (χ2n) is 6.78. The second kappa shape index (κ2) is 13.2. The fourth-order valence-electron chi connectivity index (χ4n) is 2.90. The van der Waals surface area contributed by atoms with Crippen molar-refractivity contribution in [3.05, 3.63) is 29.3 Å². The number of carbonyl (C=O) groups excluding carboxylic acids is 1. The number of unbranched alkanes of at least 4 members (excludes halogenated alkanes) is 5. The number of nitriles is 1. The number of aromatic nitrogens is 3. The van der Waals surface area contributed by atoms with Crippen LogP contribution < -0.4 is 5.32 Å². The molecule has 1 aromatic carbocycles. The summed E-state index contributed by atoms with van der Waals surface area (Å²) < 4.78 is 2.09. The summed E-state index contributed by atoms with van der Waals surface area (Å²) in [5.74, 6) is 0.941. The summed E-state index contributed by atoms with van der Waals surface area (Å²) in [5, 5.41) is 21.4. The fourth-order valence-corrected chi connectivity index (χ4v) is 3.82. The highest BCUT2D eigenvalue weighted by atomic mass is 35.5. The lowest BCUT2D eigenvalue weighted by molar-refractivity contribution is -0.118. The minimum Gasteiger partial charge on any atom is -0.354 e. The topological polar surface area (TPSA) is 83.6 Å². The van der Waals surface area contributed by atoms with Gasteiger partial charge in [0, 0.05) is 23.7 Å². The van der Waals surface area contributed by atoms with Crippen molar-refractivity contribution in [3.63, 3.8) is 0 Å². The summed E-state index contributed by atoms with van der Waals surface area (Å²) in [7, 11) is 0. The zero-order valence-corrected chi connectivity index (χ0v) is 18.4. The predicted molar refractivity (Wildman–Crippen MR) is 118 cm³/mol. The Bertz CT molecular complexity index is 800. The Morgan fingerprint density at radius 1 is 1.17 bits per heavy atom. The maximum atomic E-state index is 12.0. The Balaban J connectivity index is 2.03. The van der Waals surface area contributed by atoms with Crippen LogP contribution >= 0.6 is 23.4 Å². The first-order valence-corrected chi connectivity index (χ1v) is 11.5. The van der Waals surface area contributed by atoms with E-state index in [9.17, 15) is 4.79 Å². The Kier molecular flexibility index (Phi) is 10.6. The third-order valence-electron chi connectivity index (χ3n) is 4.45. The Hall–Kier alpha value is -2.04. The van der Waals surface area contributed by atoms with E-state index < -0.39 is 0 Å². The van der Waals surface area contributed by atoms with Crippen molar-refractivity contribution in [3.8, 4) is 17.5 Å². The molecule has 0 aliphatic rings. The third-order valence-corrected chi connectivity index (χ3v) is 5.66. The first-order valence-electron chi connectivity index (χ1n) is 10.1. The largest absolute Gasteiger partial charge is 0.354 e. The molecular weight excluding hydrogens is 406 g/mol. The van der Waals surface area contributed by atoms with E-state index in [0.29, 0.717) is 18.0 Å². The number of nitrogens with one attached hydrogen (secondary N) is 1. The van der Waals surface area contributed by atoms with Crippen molar-refractivity contribution in [2.45, 2.75) is 63.6 Å². The summed E-state index contributed by atoms with van der Waals surface area (Å²) in [6, 6.07) is 9.58. The molecule has 0 saturated carbocycles. The zero-order chi connectivity index (χ0) is 20.9. The van der Waals surface area contributed by atoms with Gasteiger partial charge in [0.25, 0.3) is 0 Å². The molecule has 0 fully saturated rings. The van der Waals surface area contributed by atoms with Crippen molar-refractivity contribution in [2.75, 3.05) is 12.3 Å². The minimum absolute atomic E-state index is 0.104. The first kappa shape index (κ1) is 23.2. The van der Waals surface area contributed by atoms with Gasteiger partial charge in [-0.05, 0) is 30.7 Å². The molecule has 1 aromatic heterocycles. The van der Waals surface area contributed by atoms with E-state index in [2.05, 4.69) is 27.0 Å². The van der Waals surface area contributed by atoms with E-state index in [-0.39, 0.29) is 11.7 Å². The van der Waals surface area contributed by atoms with Gasteiger partial charge in [-0.25, -0.2) is 0 Å². The van der Waals surface area contributed by atoms with Crippen LogP contribution in [0.2, 0.25) is 5.02 Å². The van der Waals surface area contributed by atoms with E-state index in [1.165, 1.54) is 37.4 Å². The van der Waals surface area contributed by atoms with Gasteiger partial charge in [-0.1, -0.05) is 62.4 Å². The number of thioether (sulfide) groups is 1. The molecule has 156 valence electrons. The van der Waals surface area contributed by atoms with Crippen molar-refractivity contribution in [1.82, 2.24) is 20.1 Å². The summed E-state index contributed by atoms with van der Waals surface area (Å²) in [6.45, 7) is 3.40. The van der Waals surface area contributed by atoms with Gasteiger partial charge in [-0.3, -0.25) is 4.79 Å². The van der Waals surface area contributed by atoms with Gasteiger partial charge in [0.05, 0.1) is 18.2 Å². The molecular formula is C21H28ClN5OS. The molecule has 1 N–H and O–H groups in total. The lowest BCUT2D eigenvalue weighted by Crippen LogP contribution is -2.26. The van der Waals surface area contributed by atoms with Gasteiger partial charge >= 0.3 is 0 Å². The maximum absolute atomic E-state index is 12.0. The van der Waals surface area contributed by atoms with Crippen LogP contribution in [0.1, 0.15) is 51.9 Å². The molecule has 1 amide bonds. The normalized spacial score (nSPS) is 10.7. The molecule has 0 aliphatic heterocycles. The Morgan fingerprint density at radius 3 is 2.62 bits per heavy atom. The number of nitrogens with zero attached hydrogens (tertiary/aromatic N) is 4. The van der Waals surface area contributed by atoms with Crippen LogP contribution in [0, 0.1) is 11.3 Å². The number of benzene rings is 1. The molecule has 29 heavy (non-hydrogen) atoms. The molecule has 0 unspecified atom stereocenters. The summed E-state index contributed by atoms with van der Waals surface area (Å²) >= 11 is 7.39. The molecule has 2 rings (SSSR count). The van der Waals surface area contributed by atoms with Gasteiger partial charge in [0.2, 0.25) is 5.91 Å². The average molecular weight is 434 g/mol. The SMILES string of the molecule is CCCCCCCCn1c(SCC(=O)NCCC#N)nnc1-c1ccc(Cl)cc1. The van der Waals surface area contributed by atoms with Crippen molar-refractivity contribution >= 4 is 29.3 Å². The standard InChI is InChI=1S/C21H28ClN5OS/c1-2-3-4-5-6-7-15-27-20(17-9-11-18(22)12-10-17)25-26-21(27)29-16-19(28)24-14-8-13-23/h9-12H,2-8,14-16H2,1H3,(H,24,28). The monoisotopic (exact) mass is 433 g/mol. The average Bonchev–Trinajstić information content (AvgIpc) is 3.12. The van der Waals surface area contributed by atoms with Crippen LogP contribution in [0.25, 0.3) is 11.4 Å². The van der Waals surface area contributed by atoms with Crippen LogP contribution in [0.15, 0.2) is 29.4 Å².